The fourth-order valence-corrected chi connectivity index (χ4v) is 4.29. The summed E-state index contributed by atoms with van der Waals surface area (Å²) in [4.78, 5) is 12.2. The van der Waals surface area contributed by atoms with Gasteiger partial charge in [-0.05, 0) is 69.8 Å². The maximum Gasteiger partial charge on any atom is 0.355 e. The molecule has 0 saturated carbocycles. The molecule has 0 N–H and O–H groups in total. The fourth-order valence-electron chi connectivity index (χ4n) is 3.11. The Kier molecular flexibility index (Phi) is 5.16. The van der Waals surface area contributed by atoms with Gasteiger partial charge in [0, 0.05) is 12.1 Å². The minimum absolute atomic E-state index is 0.0613. The largest absolute Gasteiger partial charge is 0.493 e. The van der Waals surface area contributed by atoms with Gasteiger partial charge in [-0.1, -0.05) is 0 Å². The molecule has 1 aromatic carbocycles. The molecule has 3 rings (SSSR count). The van der Waals surface area contributed by atoms with Crippen molar-refractivity contribution in [3.63, 3.8) is 0 Å². The van der Waals surface area contributed by atoms with E-state index in [4.69, 9.17) is 14.2 Å². The highest BCUT2D eigenvalue weighted by molar-refractivity contribution is 9.13. The summed E-state index contributed by atoms with van der Waals surface area (Å²) >= 11 is 7.12. The molecule has 25 heavy (non-hydrogen) atoms. The van der Waals surface area contributed by atoms with E-state index < -0.39 is 0 Å². The lowest BCUT2D eigenvalue weighted by atomic mass is 9.97. The van der Waals surface area contributed by atoms with Crippen molar-refractivity contribution >= 4 is 37.8 Å². The molecule has 2 aromatic rings. The molecule has 0 radical (unpaired) electrons. The van der Waals surface area contributed by atoms with Crippen LogP contribution >= 0.6 is 31.9 Å². The Bertz CT molecular complexity index is 842. The molecule has 5 nitrogen and oxygen atoms in total. The molecule has 0 fully saturated rings. The van der Waals surface area contributed by atoms with Crippen LogP contribution in [0.2, 0.25) is 0 Å². The summed E-state index contributed by atoms with van der Waals surface area (Å²) in [6.07, 6.45) is 0.851. The predicted octanol–water partition coefficient (Wildman–Crippen LogP) is 4.82. The molecule has 7 heteroatoms. The van der Waals surface area contributed by atoms with Crippen molar-refractivity contribution in [3.05, 3.63) is 32.3 Å². The molecule has 0 bridgehead atoms. The third kappa shape index (κ3) is 3.08. The number of hydrogen-bond acceptors (Lipinski definition) is 4. The van der Waals surface area contributed by atoms with Gasteiger partial charge in [-0.2, -0.15) is 0 Å². The van der Waals surface area contributed by atoms with Gasteiger partial charge in [-0.15, -0.1) is 0 Å². The average Bonchev–Trinajstić information content (AvgIpc) is 2.84. The van der Waals surface area contributed by atoms with E-state index in [1.807, 2.05) is 30.5 Å². The number of aryl methyl sites for hydroxylation is 1. The van der Waals surface area contributed by atoms with Crippen LogP contribution in [-0.4, -0.2) is 30.9 Å². The van der Waals surface area contributed by atoms with Crippen molar-refractivity contribution in [2.45, 2.75) is 32.9 Å². The van der Waals surface area contributed by atoms with Gasteiger partial charge in [0.05, 0.1) is 35.0 Å². The number of ether oxygens (including phenoxy) is 3. The Morgan fingerprint density at radius 1 is 1.16 bits per heavy atom. The molecule has 0 unspecified atom stereocenters. The van der Waals surface area contributed by atoms with Crippen LogP contribution in [0.25, 0.3) is 11.3 Å². The number of halogens is 2. The van der Waals surface area contributed by atoms with Crippen LogP contribution in [0.3, 0.4) is 0 Å². The highest BCUT2D eigenvalue weighted by Gasteiger charge is 2.30. The maximum atomic E-state index is 12.2. The SMILES string of the molecule is COC(=O)c1c(Br)c(Br)c2n1CCc1cc(OC(C)C)c(OC)cc1-2. The quantitative estimate of drug-likeness (QED) is 0.598. The second-order valence-electron chi connectivity index (χ2n) is 6.05. The molecule has 0 amide bonds. The number of methoxy groups -OCH3 is 2. The Morgan fingerprint density at radius 3 is 2.48 bits per heavy atom. The van der Waals surface area contributed by atoms with E-state index >= 15 is 0 Å². The fraction of sp³-hybridized carbons (Fsp3) is 0.389. The zero-order valence-electron chi connectivity index (χ0n) is 14.5. The van der Waals surface area contributed by atoms with Crippen LogP contribution in [0.15, 0.2) is 21.1 Å². The molecular formula is C18H19Br2NO4. The van der Waals surface area contributed by atoms with E-state index in [1.54, 1.807) is 7.11 Å². The van der Waals surface area contributed by atoms with Crippen molar-refractivity contribution < 1.29 is 19.0 Å². The van der Waals surface area contributed by atoms with Gasteiger partial charge in [-0.25, -0.2) is 4.79 Å². The lowest BCUT2D eigenvalue weighted by Gasteiger charge is -2.24. The smallest absolute Gasteiger partial charge is 0.355 e. The molecule has 0 spiro atoms. The molecule has 0 saturated heterocycles. The first-order valence-corrected chi connectivity index (χ1v) is 9.51. The Hall–Kier alpha value is -1.47. The van der Waals surface area contributed by atoms with Gasteiger partial charge in [0.15, 0.2) is 11.5 Å². The van der Waals surface area contributed by atoms with Gasteiger partial charge in [0.2, 0.25) is 0 Å². The third-order valence-corrected chi connectivity index (χ3v) is 6.22. The number of carbonyl (C=O) groups excluding carboxylic acids is 1. The van der Waals surface area contributed by atoms with Gasteiger partial charge in [0.25, 0.3) is 0 Å². The van der Waals surface area contributed by atoms with E-state index in [9.17, 15) is 4.79 Å². The van der Waals surface area contributed by atoms with Gasteiger partial charge in [0.1, 0.15) is 5.69 Å². The van der Waals surface area contributed by atoms with E-state index in [0.29, 0.717) is 22.5 Å². The Balaban J connectivity index is 2.21. The Morgan fingerprint density at radius 2 is 1.88 bits per heavy atom. The van der Waals surface area contributed by atoms with Gasteiger partial charge < -0.3 is 18.8 Å². The number of carbonyl (C=O) groups is 1. The van der Waals surface area contributed by atoms with Crippen LogP contribution in [0.4, 0.5) is 0 Å². The predicted molar refractivity (Wildman–Crippen MR) is 103 cm³/mol. The van der Waals surface area contributed by atoms with E-state index in [0.717, 1.165) is 33.5 Å². The summed E-state index contributed by atoms with van der Waals surface area (Å²) in [5.41, 5.74) is 3.62. The van der Waals surface area contributed by atoms with Crippen LogP contribution in [0.5, 0.6) is 11.5 Å². The number of aromatic nitrogens is 1. The first kappa shape index (κ1) is 18.3. The number of benzene rings is 1. The van der Waals surface area contributed by atoms with E-state index in [2.05, 4.69) is 31.9 Å². The lowest BCUT2D eigenvalue weighted by Crippen LogP contribution is -2.17. The van der Waals surface area contributed by atoms with Crippen LogP contribution in [0.1, 0.15) is 29.9 Å². The van der Waals surface area contributed by atoms with E-state index in [-0.39, 0.29) is 12.1 Å². The maximum absolute atomic E-state index is 12.2. The summed E-state index contributed by atoms with van der Waals surface area (Å²) in [5.74, 6) is 1.04. The summed E-state index contributed by atoms with van der Waals surface area (Å²) in [7, 11) is 3.01. The number of esters is 1. The molecule has 0 atom stereocenters. The minimum atomic E-state index is -0.367. The lowest BCUT2D eigenvalue weighted by molar-refractivity contribution is 0.0587. The number of fused-ring (bicyclic) bond motifs is 3. The summed E-state index contributed by atoms with van der Waals surface area (Å²) in [6.45, 7) is 4.66. The molecule has 0 aliphatic carbocycles. The molecule has 1 aliphatic heterocycles. The molecule has 2 heterocycles. The van der Waals surface area contributed by atoms with Crippen LogP contribution in [0, 0.1) is 0 Å². The van der Waals surface area contributed by atoms with Crippen LogP contribution < -0.4 is 9.47 Å². The second-order valence-corrected chi connectivity index (χ2v) is 7.63. The van der Waals surface area contributed by atoms with Crippen molar-refractivity contribution in [2.75, 3.05) is 14.2 Å². The Labute approximate surface area is 163 Å². The zero-order chi connectivity index (χ0) is 18.3. The van der Waals surface area contributed by atoms with Crippen molar-refractivity contribution in [1.29, 1.82) is 0 Å². The molecule has 1 aliphatic rings. The van der Waals surface area contributed by atoms with Gasteiger partial charge in [-0.3, -0.25) is 0 Å². The second kappa shape index (κ2) is 7.03. The number of hydrogen-bond donors (Lipinski definition) is 0. The van der Waals surface area contributed by atoms with Crippen LogP contribution in [-0.2, 0) is 17.7 Å². The summed E-state index contributed by atoms with van der Waals surface area (Å²) in [5, 5.41) is 0. The average molecular weight is 473 g/mol. The monoisotopic (exact) mass is 471 g/mol. The highest BCUT2D eigenvalue weighted by Crippen LogP contribution is 2.46. The number of nitrogens with zero attached hydrogens (tertiary/aromatic N) is 1. The minimum Gasteiger partial charge on any atom is -0.493 e. The first-order valence-electron chi connectivity index (χ1n) is 7.92. The topological polar surface area (TPSA) is 49.7 Å². The van der Waals surface area contributed by atoms with Crippen molar-refractivity contribution in [2.24, 2.45) is 0 Å². The number of rotatable bonds is 4. The summed E-state index contributed by atoms with van der Waals surface area (Å²) in [6, 6.07) is 4.00. The molecule has 1 aromatic heterocycles. The molecule has 134 valence electrons. The summed E-state index contributed by atoms with van der Waals surface area (Å²) < 4.78 is 19.8. The first-order chi connectivity index (χ1) is 11.9. The highest BCUT2D eigenvalue weighted by atomic mass is 79.9. The zero-order valence-corrected chi connectivity index (χ0v) is 17.7. The van der Waals surface area contributed by atoms with Crippen molar-refractivity contribution in [1.82, 2.24) is 4.57 Å². The van der Waals surface area contributed by atoms with Crippen molar-refractivity contribution in [3.8, 4) is 22.8 Å². The standard InChI is InChI=1S/C18H19Br2NO4/c1-9(2)25-13-7-10-5-6-21-16(11(10)8-12(13)23-3)14(19)15(20)17(21)18(22)24-4/h7-9H,5-6H2,1-4H3. The van der Waals surface area contributed by atoms with E-state index in [1.165, 1.54) is 7.11 Å². The normalized spacial score (nSPS) is 12.6. The van der Waals surface area contributed by atoms with Gasteiger partial charge >= 0.3 is 5.97 Å². The third-order valence-electron chi connectivity index (χ3n) is 4.14. The molecular weight excluding hydrogens is 454 g/mol.